The molecule has 0 aromatic rings. The second kappa shape index (κ2) is 4.84. The summed E-state index contributed by atoms with van der Waals surface area (Å²) in [6.45, 7) is 4.47. The highest BCUT2D eigenvalue weighted by Crippen LogP contribution is 2.36. The van der Waals surface area contributed by atoms with Crippen molar-refractivity contribution in [3.8, 4) is 0 Å². The Hall–Kier alpha value is -0.160. The molecular formula is C13H23NO3. The summed E-state index contributed by atoms with van der Waals surface area (Å²) in [6.07, 6.45) is 5.16. The van der Waals surface area contributed by atoms with Gasteiger partial charge in [-0.2, -0.15) is 0 Å². The third kappa shape index (κ3) is 2.50. The van der Waals surface area contributed by atoms with Crippen molar-refractivity contribution in [1.82, 2.24) is 4.90 Å². The number of aliphatic hydroxyl groups is 1. The van der Waals surface area contributed by atoms with E-state index in [0.717, 1.165) is 65.0 Å². The Kier molecular flexibility index (Phi) is 3.39. The first kappa shape index (κ1) is 11.9. The van der Waals surface area contributed by atoms with E-state index in [-0.39, 0.29) is 11.7 Å². The standard InChI is InChI=1S/C13H23NO3/c15-12-1-5-14(10-12)11-2-6-17-13(9-11)3-7-16-8-4-13/h11-12,15H,1-10H2. The van der Waals surface area contributed by atoms with Gasteiger partial charge in [0.2, 0.25) is 0 Å². The molecule has 2 atom stereocenters. The molecule has 0 aromatic heterocycles. The van der Waals surface area contributed by atoms with Crippen LogP contribution in [0.25, 0.3) is 0 Å². The summed E-state index contributed by atoms with van der Waals surface area (Å²) in [5, 5.41) is 9.64. The Balaban J connectivity index is 1.62. The van der Waals surface area contributed by atoms with Gasteiger partial charge >= 0.3 is 0 Å². The number of rotatable bonds is 1. The van der Waals surface area contributed by atoms with Gasteiger partial charge in [0.05, 0.1) is 11.7 Å². The van der Waals surface area contributed by atoms with Gasteiger partial charge in [-0.3, -0.25) is 4.90 Å². The Bertz CT molecular complexity index is 260. The van der Waals surface area contributed by atoms with Crippen LogP contribution in [0.2, 0.25) is 0 Å². The van der Waals surface area contributed by atoms with Crippen LogP contribution < -0.4 is 0 Å². The molecule has 3 saturated heterocycles. The number of likely N-dealkylation sites (tertiary alicyclic amines) is 1. The highest BCUT2D eigenvalue weighted by atomic mass is 16.5. The Labute approximate surface area is 103 Å². The van der Waals surface area contributed by atoms with Gasteiger partial charge in [0, 0.05) is 39.0 Å². The maximum atomic E-state index is 9.64. The van der Waals surface area contributed by atoms with Gasteiger partial charge in [0.1, 0.15) is 0 Å². The van der Waals surface area contributed by atoms with E-state index in [1.807, 2.05) is 0 Å². The highest BCUT2D eigenvalue weighted by Gasteiger charge is 2.41. The fourth-order valence-electron chi connectivity index (χ4n) is 3.51. The van der Waals surface area contributed by atoms with Gasteiger partial charge in [-0.05, 0) is 32.1 Å². The van der Waals surface area contributed by atoms with Gasteiger partial charge in [-0.15, -0.1) is 0 Å². The lowest BCUT2D eigenvalue weighted by Crippen LogP contribution is -2.50. The van der Waals surface area contributed by atoms with Gasteiger partial charge in [0.25, 0.3) is 0 Å². The summed E-state index contributed by atoms with van der Waals surface area (Å²) in [6, 6.07) is 0.610. The molecule has 0 bridgehead atoms. The lowest BCUT2D eigenvalue weighted by Gasteiger charge is -2.45. The number of β-amino-alcohol motifs (C(OH)–C–C–N with tert-alkyl or cyclic N) is 1. The second-order valence-corrected chi connectivity index (χ2v) is 5.73. The smallest absolute Gasteiger partial charge is 0.0741 e. The molecule has 3 aliphatic heterocycles. The van der Waals surface area contributed by atoms with E-state index in [0.29, 0.717) is 6.04 Å². The van der Waals surface area contributed by atoms with E-state index in [2.05, 4.69) is 4.90 Å². The largest absolute Gasteiger partial charge is 0.392 e. The molecule has 98 valence electrons. The quantitative estimate of drug-likeness (QED) is 0.736. The molecule has 4 nitrogen and oxygen atoms in total. The average molecular weight is 241 g/mol. The molecule has 0 aliphatic carbocycles. The molecule has 3 rings (SSSR count). The molecule has 1 N–H and O–H groups in total. The molecule has 3 heterocycles. The molecule has 3 fully saturated rings. The summed E-state index contributed by atoms with van der Waals surface area (Å²) >= 11 is 0. The summed E-state index contributed by atoms with van der Waals surface area (Å²) in [5.74, 6) is 0. The van der Waals surface area contributed by atoms with E-state index in [4.69, 9.17) is 9.47 Å². The maximum Gasteiger partial charge on any atom is 0.0741 e. The minimum Gasteiger partial charge on any atom is -0.392 e. The van der Waals surface area contributed by atoms with Crippen LogP contribution in [0, 0.1) is 0 Å². The lowest BCUT2D eigenvalue weighted by atomic mass is 9.83. The molecule has 17 heavy (non-hydrogen) atoms. The van der Waals surface area contributed by atoms with Crippen LogP contribution in [0.4, 0.5) is 0 Å². The third-order valence-corrected chi connectivity index (χ3v) is 4.58. The van der Waals surface area contributed by atoms with Crippen LogP contribution in [-0.4, -0.2) is 60.7 Å². The third-order valence-electron chi connectivity index (χ3n) is 4.58. The van der Waals surface area contributed by atoms with E-state index >= 15 is 0 Å². The Morgan fingerprint density at radius 3 is 2.65 bits per heavy atom. The minimum absolute atomic E-state index is 0.0781. The van der Waals surface area contributed by atoms with Gasteiger partial charge in [-0.25, -0.2) is 0 Å². The van der Waals surface area contributed by atoms with Gasteiger partial charge < -0.3 is 14.6 Å². The summed E-state index contributed by atoms with van der Waals surface area (Å²) in [5.41, 5.74) is 0.0781. The van der Waals surface area contributed by atoms with Crippen molar-refractivity contribution >= 4 is 0 Å². The topological polar surface area (TPSA) is 41.9 Å². The molecule has 3 aliphatic rings. The SMILES string of the molecule is OC1CCN(C2CCOC3(CCOCC3)C2)C1. The average Bonchev–Trinajstić information content (AvgIpc) is 2.77. The molecule has 0 amide bonds. The van der Waals surface area contributed by atoms with Crippen molar-refractivity contribution < 1.29 is 14.6 Å². The first-order chi connectivity index (χ1) is 8.27. The summed E-state index contributed by atoms with van der Waals surface area (Å²) < 4.78 is 11.5. The van der Waals surface area contributed by atoms with Crippen molar-refractivity contribution in [3.63, 3.8) is 0 Å². The second-order valence-electron chi connectivity index (χ2n) is 5.73. The molecule has 4 heteroatoms. The Morgan fingerprint density at radius 2 is 1.94 bits per heavy atom. The van der Waals surface area contributed by atoms with Crippen LogP contribution in [0.5, 0.6) is 0 Å². The van der Waals surface area contributed by atoms with E-state index < -0.39 is 0 Å². The molecule has 2 unspecified atom stereocenters. The molecule has 0 radical (unpaired) electrons. The van der Waals surface area contributed by atoms with Crippen LogP contribution in [0.1, 0.15) is 32.1 Å². The van der Waals surface area contributed by atoms with Gasteiger partial charge in [0.15, 0.2) is 0 Å². The van der Waals surface area contributed by atoms with E-state index in [1.54, 1.807) is 0 Å². The number of hydrogen-bond donors (Lipinski definition) is 1. The first-order valence-corrected chi connectivity index (χ1v) is 6.91. The number of nitrogens with zero attached hydrogens (tertiary/aromatic N) is 1. The zero-order valence-corrected chi connectivity index (χ0v) is 10.4. The van der Waals surface area contributed by atoms with Crippen LogP contribution >= 0.6 is 0 Å². The predicted octanol–water partition coefficient (Wildman–Crippen LogP) is 0.781. The fraction of sp³-hybridized carbons (Fsp3) is 1.00. The first-order valence-electron chi connectivity index (χ1n) is 6.91. The summed E-state index contributed by atoms with van der Waals surface area (Å²) in [7, 11) is 0. The van der Waals surface area contributed by atoms with E-state index in [1.165, 1.54) is 0 Å². The predicted molar refractivity (Wildman–Crippen MR) is 64.0 cm³/mol. The van der Waals surface area contributed by atoms with Crippen molar-refractivity contribution in [2.75, 3.05) is 32.9 Å². The number of aliphatic hydroxyl groups excluding tert-OH is 1. The summed E-state index contributed by atoms with van der Waals surface area (Å²) in [4.78, 5) is 2.46. The van der Waals surface area contributed by atoms with Crippen LogP contribution in [0.3, 0.4) is 0 Å². The molecule has 1 spiro atoms. The van der Waals surface area contributed by atoms with Crippen molar-refractivity contribution in [3.05, 3.63) is 0 Å². The molecule has 0 aromatic carbocycles. The molecule has 0 saturated carbocycles. The van der Waals surface area contributed by atoms with Crippen molar-refractivity contribution in [2.24, 2.45) is 0 Å². The minimum atomic E-state index is -0.108. The normalized spacial score (nSPS) is 38.6. The van der Waals surface area contributed by atoms with Gasteiger partial charge in [-0.1, -0.05) is 0 Å². The molecular weight excluding hydrogens is 218 g/mol. The van der Waals surface area contributed by atoms with Crippen molar-refractivity contribution in [1.29, 1.82) is 0 Å². The van der Waals surface area contributed by atoms with Crippen LogP contribution in [-0.2, 0) is 9.47 Å². The number of hydrogen-bond acceptors (Lipinski definition) is 4. The van der Waals surface area contributed by atoms with Crippen LogP contribution in [0.15, 0.2) is 0 Å². The zero-order chi connectivity index (χ0) is 11.7. The highest BCUT2D eigenvalue weighted by molar-refractivity contribution is 4.94. The monoisotopic (exact) mass is 241 g/mol. The van der Waals surface area contributed by atoms with Crippen molar-refractivity contribution in [2.45, 2.75) is 49.9 Å². The Morgan fingerprint density at radius 1 is 1.12 bits per heavy atom. The maximum absolute atomic E-state index is 9.64. The fourth-order valence-corrected chi connectivity index (χ4v) is 3.51. The lowest BCUT2D eigenvalue weighted by molar-refractivity contribution is -0.150. The zero-order valence-electron chi connectivity index (χ0n) is 10.4. The number of ether oxygens (including phenoxy) is 2. The van der Waals surface area contributed by atoms with E-state index in [9.17, 15) is 5.11 Å².